The van der Waals surface area contributed by atoms with Gasteiger partial charge in [-0.3, -0.25) is 0 Å². The molecule has 0 aliphatic rings. The maximum Gasteiger partial charge on any atom is 0.329 e. The summed E-state index contributed by atoms with van der Waals surface area (Å²) in [6.45, 7) is 0.624. The Labute approximate surface area is 112 Å². The van der Waals surface area contributed by atoms with Crippen molar-refractivity contribution in [2.75, 3.05) is 32.3 Å². The van der Waals surface area contributed by atoms with Gasteiger partial charge in [0.1, 0.15) is 0 Å². The predicted molar refractivity (Wildman–Crippen MR) is 74.0 cm³/mol. The van der Waals surface area contributed by atoms with Gasteiger partial charge in [-0.1, -0.05) is 30.3 Å². The fourth-order valence-electron chi connectivity index (χ4n) is 1.68. The van der Waals surface area contributed by atoms with E-state index in [0.29, 0.717) is 12.4 Å². The number of nitrogens with one attached hydrogen (secondary N) is 1. The molecule has 1 atom stereocenters. The van der Waals surface area contributed by atoms with Crippen LogP contribution >= 0.6 is 11.8 Å². The molecule has 0 fully saturated rings. The lowest BCUT2D eigenvalue weighted by atomic mass is 9.92. The van der Waals surface area contributed by atoms with E-state index in [1.807, 2.05) is 30.3 Å². The summed E-state index contributed by atoms with van der Waals surface area (Å²) in [5.74, 6) is 0.382. The molecule has 1 aromatic rings. The van der Waals surface area contributed by atoms with Gasteiger partial charge in [0.05, 0.1) is 6.61 Å². The quantitative estimate of drug-likeness (QED) is 0.702. The molecule has 0 spiro atoms. The molecule has 0 heterocycles. The molecule has 1 aromatic carbocycles. The van der Waals surface area contributed by atoms with Gasteiger partial charge in [-0.05, 0) is 12.6 Å². The van der Waals surface area contributed by atoms with Crippen molar-refractivity contribution in [1.82, 2.24) is 5.32 Å². The van der Waals surface area contributed by atoms with E-state index in [-0.39, 0.29) is 0 Å². The van der Waals surface area contributed by atoms with Crippen molar-refractivity contribution in [1.29, 1.82) is 0 Å². The Bertz CT molecular complexity index is 372. The smallest absolute Gasteiger partial charge is 0.329 e. The number of thioether (sulfide) groups is 1. The summed E-state index contributed by atoms with van der Waals surface area (Å²) < 4.78 is 4.97. The van der Waals surface area contributed by atoms with E-state index < -0.39 is 11.5 Å². The zero-order valence-corrected chi connectivity index (χ0v) is 11.5. The normalized spacial score (nSPS) is 14.1. The maximum absolute atomic E-state index is 11.6. The highest BCUT2D eigenvalue weighted by Gasteiger charge is 2.38. The SMILES string of the molecule is CNC(CSCCOC)(C(=O)O)c1ccccc1. The molecular weight excluding hydrogens is 250 g/mol. The molecule has 0 saturated carbocycles. The third-order valence-electron chi connectivity index (χ3n) is 2.81. The van der Waals surface area contributed by atoms with Crippen LogP contribution in [0.3, 0.4) is 0 Å². The average molecular weight is 269 g/mol. The van der Waals surface area contributed by atoms with Crippen LogP contribution in [0.1, 0.15) is 5.56 Å². The lowest BCUT2D eigenvalue weighted by Gasteiger charge is -2.29. The lowest BCUT2D eigenvalue weighted by molar-refractivity contribution is -0.144. The van der Waals surface area contributed by atoms with Crippen LogP contribution in [0.4, 0.5) is 0 Å². The number of hydrogen-bond acceptors (Lipinski definition) is 4. The second-order valence-corrected chi connectivity index (χ2v) is 4.98. The van der Waals surface area contributed by atoms with E-state index in [0.717, 1.165) is 11.3 Å². The number of rotatable bonds is 8. The minimum absolute atomic E-state index is 0.464. The first-order chi connectivity index (χ1) is 8.67. The van der Waals surface area contributed by atoms with E-state index in [2.05, 4.69) is 5.32 Å². The number of methoxy groups -OCH3 is 1. The van der Waals surface area contributed by atoms with Gasteiger partial charge in [-0.25, -0.2) is 4.79 Å². The summed E-state index contributed by atoms with van der Waals surface area (Å²) in [6, 6.07) is 9.25. The van der Waals surface area contributed by atoms with Gasteiger partial charge in [-0.15, -0.1) is 0 Å². The molecule has 0 radical (unpaired) electrons. The first kappa shape index (κ1) is 15.0. The number of aliphatic carboxylic acids is 1. The number of hydrogen-bond donors (Lipinski definition) is 2. The summed E-state index contributed by atoms with van der Waals surface area (Å²) >= 11 is 1.56. The summed E-state index contributed by atoms with van der Waals surface area (Å²) in [7, 11) is 3.32. The molecule has 5 heteroatoms. The molecule has 4 nitrogen and oxygen atoms in total. The number of benzene rings is 1. The van der Waals surface area contributed by atoms with E-state index in [9.17, 15) is 9.90 Å². The van der Waals surface area contributed by atoms with Gasteiger partial charge in [0, 0.05) is 18.6 Å². The van der Waals surface area contributed by atoms with Crippen LogP contribution in [0.5, 0.6) is 0 Å². The monoisotopic (exact) mass is 269 g/mol. The fourth-order valence-corrected chi connectivity index (χ4v) is 2.85. The number of carboxylic acids is 1. The van der Waals surface area contributed by atoms with Gasteiger partial charge in [0.25, 0.3) is 0 Å². The molecule has 1 rings (SSSR count). The molecule has 100 valence electrons. The van der Waals surface area contributed by atoms with Crippen molar-refractivity contribution in [2.45, 2.75) is 5.54 Å². The Balaban J connectivity index is 2.85. The zero-order valence-electron chi connectivity index (χ0n) is 10.7. The molecule has 18 heavy (non-hydrogen) atoms. The molecular formula is C13H19NO3S. The number of likely N-dealkylation sites (N-methyl/N-ethyl adjacent to an activating group) is 1. The molecule has 0 saturated heterocycles. The fraction of sp³-hybridized carbons (Fsp3) is 0.462. The van der Waals surface area contributed by atoms with Gasteiger partial charge in [-0.2, -0.15) is 11.8 Å². The van der Waals surface area contributed by atoms with Crippen molar-refractivity contribution in [3.05, 3.63) is 35.9 Å². The van der Waals surface area contributed by atoms with Crippen LogP contribution in [0.25, 0.3) is 0 Å². The van der Waals surface area contributed by atoms with Crippen molar-refractivity contribution in [3.8, 4) is 0 Å². The topological polar surface area (TPSA) is 58.6 Å². The third-order valence-corrected chi connectivity index (χ3v) is 3.90. The highest BCUT2D eigenvalue weighted by Crippen LogP contribution is 2.26. The zero-order chi connectivity index (χ0) is 13.4. The molecule has 1 unspecified atom stereocenters. The van der Waals surface area contributed by atoms with Crippen LogP contribution in [0.15, 0.2) is 30.3 Å². The predicted octanol–water partition coefficient (Wildman–Crippen LogP) is 1.57. The van der Waals surface area contributed by atoms with Gasteiger partial charge in [0.2, 0.25) is 0 Å². The van der Waals surface area contributed by atoms with Crippen LogP contribution in [0, 0.1) is 0 Å². The lowest BCUT2D eigenvalue weighted by Crippen LogP contribution is -2.49. The van der Waals surface area contributed by atoms with E-state index >= 15 is 0 Å². The van der Waals surface area contributed by atoms with Crippen molar-refractivity contribution in [3.63, 3.8) is 0 Å². The second-order valence-electron chi connectivity index (χ2n) is 3.87. The summed E-state index contributed by atoms with van der Waals surface area (Å²) in [4.78, 5) is 11.6. The van der Waals surface area contributed by atoms with Gasteiger partial charge >= 0.3 is 5.97 Å². The number of carbonyl (C=O) groups is 1. The molecule has 0 aliphatic heterocycles. The number of carboxylic acid groups (broad SMARTS) is 1. The minimum atomic E-state index is -1.04. The third kappa shape index (κ3) is 3.48. The number of ether oxygens (including phenoxy) is 1. The van der Waals surface area contributed by atoms with Gasteiger partial charge < -0.3 is 15.2 Å². The maximum atomic E-state index is 11.6. The Hall–Kier alpha value is -1.04. The van der Waals surface area contributed by atoms with Crippen LogP contribution in [-0.2, 0) is 15.1 Å². The Morgan fingerprint density at radius 3 is 2.61 bits per heavy atom. The van der Waals surface area contributed by atoms with Crippen LogP contribution < -0.4 is 5.32 Å². The molecule has 0 aromatic heterocycles. The Morgan fingerprint density at radius 1 is 1.44 bits per heavy atom. The molecule has 0 bridgehead atoms. The average Bonchev–Trinajstić information content (AvgIpc) is 2.40. The van der Waals surface area contributed by atoms with Crippen molar-refractivity contribution >= 4 is 17.7 Å². The minimum Gasteiger partial charge on any atom is -0.480 e. The standard InChI is InChI=1S/C13H19NO3S/c1-14-13(12(15)16,10-18-9-8-17-2)11-6-4-3-5-7-11/h3-7,14H,8-10H2,1-2H3,(H,15,16). The first-order valence-corrected chi connectivity index (χ1v) is 6.87. The summed E-state index contributed by atoms with van der Waals surface area (Å²) in [6.07, 6.45) is 0. The first-order valence-electron chi connectivity index (χ1n) is 5.72. The van der Waals surface area contributed by atoms with Crippen molar-refractivity contribution in [2.24, 2.45) is 0 Å². The summed E-state index contributed by atoms with van der Waals surface area (Å²) in [5, 5.41) is 12.5. The molecule has 2 N–H and O–H groups in total. The van der Waals surface area contributed by atoms with Crippen LogP contribution in [0.2, 0.25) is 0 Å². The van der Waals surface area contributed by atoms with Crippen molar-refractivity contribution < 1.29 is 14.6 Å². The molecule has 0 amide bonds. The van der Waals surface area contributed by atoms with E-state index in [1.165, 1.54) is 0 Å². The highest BCUT2D eigenvalue weighted by atomic mass is 32.2. The van der Waals surface area contributed by atoms with Crippen LogP contribution in [-0.4, -0.2) is 43.3 Å². The summed E-state index contributed by atoms with van der Waals surface area (Å²) in [5.41, 5.74) is -0.274. The second kappa shape index (κ2) is 7.41. The largest absolute Gasteiger partial charge is 0.480 e. The van der Waals surface area contributed by atoms with Gasteiger partial charge in [0.15, 0.2) is 5.54 Å². The molecule has 0 aliphatic carbocycles. The Kier molecular flexibility index (Phi) is 6.18. The Morgan fingerprint density at radius 2 is 2.11 bits per heavy atom. The highest BCUT2D eigenvalue weighted by molar-refractivity contribution is 7.99. The van der Waals surface area contributed by atoms with E-state index in [4.69, 9.17) is 4.74 Å². The van der Waals surface area contributed by atoms with E-state index in [1.54, 1.807) is 25.9 Å².